The average molecular weight is 591 g/mol. The van der Waals surface area contributed by atoms with E-state index in [-0.39, 0.29) is 11.4 Å². The minimum Gasteiger partial charge on any atom is -0.363 e. The molecule has 0 N–H and O–H groups in total. The summed E-state index contributed by atoms with van der Waals surface area (Å²) in [4.78, 5) is 29.0. The van der Waals surface area contributed by atoms with E-state index in [1.807, 2.05) is 0 Å². The molecule has 2 fully saturated rings. The van der Waals surface area contributed by atoms with Gasteiger partial charge in [0, 0.05) is 64.5 Å². The highest BCUT2D eigenvalue weighted by Gasteiger charge is 2.35. The Kier molecular flexibility index (Phi) is 8.91. The minimum absolute atomic E-state index is 0.161. The van der Waals surface area contributed by atoms with E-state index in [9.17, 15) is 46.6 Å². The van der Waals surface area contributed by atoms with Crippen LogP contribution in [0.25, 0.3) is 0 Å². The van der Waals surface area contributed by atoms with Crippen LogP contribution in [0.3, 0.4) is 0 Å². The zero-order valence-electron chi connectivity index (χ0n) is 21.8. The third-order valence-electron chi connectivity index (χ3n) is 7.37. The Bertz CT molecular complexity index is 1160. The van der Waals surface area contributed by atoms with Crippen LogP contribution in [0, 0.1) is 20.2 Å². The quantitative estimate of drug-likeness (QED) is 0.244. The van der Waals surface area contributed by atoms with Crippen molar-refractivity contribution < 1.29 is 36.2 Å². The van der Waals surface area contributed by atoms with E-state index in [1.54, 1.807) is 9.80 Å². The number of anilines is 2. The largest absolute Gasteiger partial charge is 0.416 e. The summed E-state index contributed by atoms with van der Waals surface area (Å²) in [5, 5.41) is 22.8. The molecule has 41 heavy (non-hydrogen) atoms. The van der Waals surface area contributed by atoms with Crippen LogP contribution in [0.15, 0.2) is 36.4 Å². The van der Waals surface area contributed by atoms with Gasteiger partial charge in [-0.3, -0.25) is 30.0 Å². The Morgan fingerprint density at radius 3 is 1.24 bits per heavy atom. The van der Waals surface area contributed by atoms with Crippen molar-refractivity contribution >= 4 is 22.7 Å². The lowest BCUT2D eigenvalue weighted by molar-refractivity contribution is -0.384. The molecule has 2 aliphatic heterocycles. The van der Waals surface area contributed by atoms with Crippen molar-refractivity contribution in [2.75, 3.05) is 75.2 Å². The first-order valence-electron chi connectivity index (χ1n) is 12.9. The molecule has 0 spiro atoms. The highest BCUT2D eigenvalue weighted by Crippen LogP contribution is 2.38. The van der Waals surface area contributed by atoms with Crippen molar-refractivity contribution in [2.45, 2.75) is 18.8 Å². The molecule has 0 aliphatic carbocycles. The Hall–Kier alpha value is -3.66. The Balaban J connectivity index is 1.24. The molecule has 10 nitrogen and oxygen atoms in total. The molecular weight excluding hydrogens is 562 g/mol. The molecule has 16 heteroatoms. The van der Waals surface area contributed by atoms with Gasteiger partial charge in [-0.1, -0.05) is 0 Å². The molecule has 0 amide bonds. The van der Waals surface area contributed by atoms with Crippen molar-refractivity contribution in [3.8, 4) is 0 Å². The van der Waals surface area contributed by atoms with Gasteiger partial charge in [-0.25, -0.2) is 0 Å². The van der Waals surface area contributed by atoms with Crippen LogP contribution in [0.4, 0.5) is 49.1 Å². The lowest BCUT2D eigenvalue weighted by atomic mass is 10.1. The molecular formula is C25H28F6N6O4. The Labute approximate surface area is 231 Å². The lowest BCUT2D eigenvalue weighted by Gasteiger charge is -2.37. The zero-order valence-corrected chi connectivity index (χ0v) is 21.8. The molecule has 2 saturated heterocycles. The normalized spacial score (nSPS) is 17.6. The molecule has 0 unspecified atom stereocenters. The zero-order chi connectivity index (χ0) is 29.9. The number of hydrogen-bond acceptors (Lipinski definition) is 8. The molecule has 0 radical (unpaired) electrons. The number of nitro benzene ring substituents is 2. The number of nitro groups is 2. The van der Waals surface area contributed by atoms with E-state index in [2.05, 4.69) is 9.80 Å². The van der Waals surface area contributed by atoms with E-state index < -0.39 is 44.7 Å². The Morgan fingerprint density at radius 1 is 0.610 bits per heavy atom. The van der Waals surface area contributed by atoms with Crippen LogP contribution in [0.1, 0.15) is 17.5 Å². The topological polar surface area (TPSA) is 99.2 Å². The van der Waals surface area contributed by atoms with Crippen molar-refractivity contribution in [2.24, 2.45) is 0 Å². The minimum atomic E-state index is -4.67. The SMILES string of the molecule is O=[N+]([O-])c1cc(C(F)(F)F)ccc1N1CCN(CCCN2CCN(c3ccc(C(F)(F)F)cc3[N+](=O)[O-])CC2)CC1. The maximum Gasteiger partial charge on any atom is 0.416 e. The first kappa shape index (κ1) is 30.3. The van der Waals surface area contributed by atoms with E-state index >= 15 is 0 Å². The fraction of sp³-hybridized carbons (Fsp3) is 0.520. The summed E-state index contributed by atoms with van der Waals surface area (Å²) in [6.45, 7) is 5.54. The van der Waals surface area contributed by atoms with Gasteiger partial charge in [-0.15, -0.1) is 0 Å². The summed E-state index contributed by atoms with van der Waals surface area (Å²) in [6.07, 6.45) is -8.54. The molecule has 224 valence electrons. The number of hydrogen-bond donors (Lipinski definition) is 0. The smallest absolute Gasteiger partial charge is 0.363 e. The molecule has 0 saturated carbocycles. The maximum absolute atomic E-state index is 13.0. The summed E-state index contributed by atoms with van der Waals surface area (Å²) in [6, 6.07) is 5.13. The van der Waals surface area contributed by atoms with Crippen molar-refractivity contribution in [1.82, 2.24) is 9.80 Å². The molecule has 4 rings (SSSR count). The predicted octanol–water partition coefficient (Wildman–Crippen LogP) is 4.87. The first-order valence-corrected chi connectivity index (χ1v) is 12.9. The van der Waals surface area contributed by atoms with Gasteiger partial charge < -0.3 is 9.80 Å². The summed E-state index contributed by atoms with van der Waals surface area (Å²) in [7, 11) is 0. The van der Waals surface area contributed by atoms with Gasteiger partial charge in [-0.2, -0.15) is 26.3 Å². The van der Waals surface area contributed by atoms with Gasteiger partial charge in [0.15, 0.2) is 0 Å². The van der Waals surface area contributed by atoms with Crippen molar-refractivity contribution in [3.63, 3.8) is 0 Å². The summed E-state index contributed by atoms with van der Waals surface area (Å²) in [5.74, 6) is 0. The van der Waals surface area contributed by atoms with E-state index in [1.165, 1.54) is 0 Å². The molecule has 0 atom stereocenters. The van der Waals surface area contributed by atoms with E-state index in [0.29, 0.717) is 64.5 Å². The lowest BCUT2D eigenvalue weighted by Crippen LogP contribution is -2.49. The summed E-state index contributed by atoms with van der Waals surface area (Å²) in [5.41, 5.74) is -2.96. The van der Waals surface area contributed by atoms with Crippen LogP contribution >= 0.6 is 0 Å². The van der Waals surface area contributed by atoms with Crippen LogP contribution in [0.5, 0.6) is 0 Å². The molecule has 2 aromatic carbocycles. The number of alkyl halides is 6. The third-order valence-corrected chi connectivity index (χ3v) is 7.37. The van der Waals surface area contributed by atoms with Gasteiger partial charge in [0.25, 0.3) is 11.4 Å². The molecule has 2 aromatic rings. The summed E-state index contributed by atoms with van der Waals surface area (Å²) >= 11 is 0. The molecule has 2 heterocycles. The maximum atomic E-state index is 13.0. The highest BCUT2D eigenvalue weighted by atomic mass is 19.4. The second kappa shape index (κ2) is 12.1. The van der Waals surface area contributed by atoms with Gasteiger partial charge in [0.2, 0.25) is 0 Å². The number of nitrogens with zero attached hydrogens (tertiary/aromatic N) is 6. The fourth-order valence-corrected chi connectivity index (χ4v) is 5.17. The monoisotopic (exact) mass is 590 g/mol. The third kappa shape index (κ3) is 7.35. The van der Waals surface area contributed by atoms with E-state index in [0.717, 1.165) is 43.8 Å². The van der Waals surface area contributed by atoms with Gasteiger partial charge in [-0.05, 0) is 43.8 Å². The second-order valence-electron chi connectivity index (χ2n) is 9.93. The van der Waals surface area contributed by atoms with Gasteiger partial charge in [0.1, 0.15) is 11.4 Å². The standard InChI is InChI=1S/C25H28F6N6O4/c26-24(27,28)18-2-4-20(22(16-18)36(38)39)34-12-8-32(9-13-34)6-1-7-33-10-14-35(15-11-33)21-5-3-19(25(29,30)31)17-23(21)37(40)41/h2-5,16-17H,1,6-15H2. The second-order valence-corrected chi connectivity index (χ2v) is 9.93. The molecule has 0 bridgehead atoms. The molecule has 0 aromatic heterocycles. The fourth-order valence-electron chi connectivity index (χ4n) is 5.17. The van der Waals surface area contributed by atoms with Gasteiger partial charge in [0.05, 0.1) is 21.0 Å². The van der Waals surface area contributed by atoms with Crippen molar-refractivity contribution in [3.05, 3.63) is 67.8 Å². The van der Waals surface area contributed by atoms with Crippen LogP contribution in [-0.2, 0) is 12.4 Å². The van der Waals surface area contributed by atoms with E-state index in [4.69, 9.17) is 0 Å². The number of halogens is 6. The predicted molar refractivity (Wildman–Crippen MR) is 138 cm³/mol. The highest BCUT2D eigenvalue weighted by molar-refractivity contribution is 5.66. The van der Waals surface area contributed by atoms with Crippen LogP contribution < -0.4 is 9.80 Å². The van der Waals surface area contributed by atoms with Crippen LogP contribution in [0.2, 0.25) is 0 Å². The summed E-state index contributed by atoms with van der Waals surface area (Å²) < 4.78 is 78.0. The number of benzene rings is 2. The first-order chi connectivity index (χ1) is 19.2. The average Bonchev–Trinajstić information content (AvgIpc) is 2.92. The number of piperazine rings is 2. The number of rotatable bonds is 8. The van der Waals surface area contributed by atoms with Gasteiger partial charge >= 0.3 is 12.4 Å². The molecule has 2 aliphatic rings. The van der Waals surface area contributed by atoms with Crippen molar-refractivity contribution in [1.29, 1.82) is 0 Å². The Morgan fingerprint density at radius 2 is 0.951 bits per heavy atom. The van der Waals surface area contributed by atoms with Crippen LogP contribution in [-0.4, -0.2) is 85.1 Å².